The first kappa shape index (κ1) is 10.8. The summed E-state index contributed by atoms with van der Waals surface area (Å²) < 4.78 is 0. The predicted molar refractivity (Wildman–Crippen MR) is 48.1 cm³/mol. The molecule has 0 saturated carbocycles. The second-order valence-electron chi connectivity index (χ2n) is 2.26. The van der Waals surface area contributed by atoms with Crippen molar-refractivity contribution in [2.75, 3.05) is 0 Å². The Morgan fingerprint density at radius 1 is 0.917 bits per heavy atom. The van der Waals surface area contributed by atoms with E-state index in [1.54, 1.807) is 13.8 Å². The van der Waals surface area contributed by atoms with Crippen LogP contribution in [0.2, 0.25) is 0 Å². The maximum absolute atomic E-state index is 8.71. The summed E-state index contributed by atoms with van der Waals surface area (Å²) in [7, 11) is 0. The third-order valence-corrected chi connectivity index (χ3v) is 0.834. The van der Waals surface area contributed by atoms with Crippen LogP contribution in [-0.4, -0.2) is 22.4 Å². The molecule has 0 aromatic heterocycles. The van der Waals surface area contributed by atoms with Gasteiger partial charge in [-0.1, -0.05) is 23.7 Å². The minimum absolute atomic E-state index is 0.612. The Hall–Kier alpha value is -1.22. The van der Waals surface area contributed by atoms with Gasteiger partial charge in [-0.05, 0) is 26.0 Å². The normalized spacial score (nSPS) is 14.0. The molecule has 0 rings (SSSR count). The van der Waals surface area contributed by atoms with Crippen LogP contribution in [0.15, 0.2) is 12.2 Å². The molecule has 0 aliphatic carbocycles. The van der Waals surface area contributed by atoms with Crippen LogP contribution in [-0.2, 0) is 0 Å². The van der Waals surface area contributed by atoms with E-state index in [0.29, 0.717) is 0 Å². The number of rotatable bonds is 0. The van der Waals surface area contributed by atoms with E-state index < -0.39 is 12.2 Å². The summed E-state index contributed by atoms with van der Waals surface area (Å²) in [5, 5.41) is 17.4. The van der Waals surface area contributed by atoms with Gasteiger partial charge in [-0.25, -0.2) is 0 Å². The molecule has 0 spiro atoms. The maximum Gasteiger partial charge on any atom is 0.112 e. The first-order valence-corrected chi connectivity index (χ1v) is 3.66. The molecule has 2 nitrogen and oxygen atoms in total. The van der Waals surface area contributed by atoms with Crippen LogP contribution in [0.5, 0.6) is 0 Å². The molecular formula is C10H12O2. The van der Waals surface area contributed by atoms with Crippen LogP contribution in [0.1, 0.15) is 13.8 Å². The highest BCUT2D eigenvalue weighted by molar-refractivity contribution is 5.26. The third-order valence-electron chi connectivity index (χ3n) is 0.834. The van der Waals surface area contributed by atoms with E-state index >= 15 is 0 Å². The van der Waals surface area contributed by atoms with Crippen molar-refractivity contribution in [1.29, 1.82) is 0 Å². The molecular weight excluding hydrogens is 152 g/mol. The lowest BCUT2D eigenvalue weighted by molar-refractivity contribution is 0.253. The molecule has 12 heavy (non-hydrogen) atoms. The SMILES string of the molecule is C[C@@H](O)C#C/C=C/C#C[C@@H](C)O. The summed E-state index contributed by atoms with van der Waals surface area (Å²) in [6, 6.07) is 0. The van der Waals surface area contributed by atoms with Crippen LogP contribution in [0.25, 0.3) is 0 Å². The van der Waals surface area contributed by atoms with E-state index in [1.807, 2.05) is 0 Å². The van der Waals surface area contributed by atoms with Gasteiger partial charge in [-0.2, -0.15) is 0 Å². The van der Waals surface area contributed by atoms with Crippen LogP contribution >= 0.6 is 0 Å². The summed E-state index contributed by atoms with van der Waals surface area (Å²) in [5.74, 6) is 10.2. The second kappa shape index (κ2) is 6.49. The lowest BCUT2D eigenvalue weighted by Crippen LogP contribution is -1.92. The molecule has 0 radical (unpaired) electrons. The number of hydrogen-bond donors (Lipinski definition) is 2. The van der Waals surface area contributed by atoms with Gasteiger partial charge >= 0.3 is 0 Å². The standard InChI is InChI=1S/C10H12O2/c1-9(11)7-5-3-4-6-8-10(2)12/h3-4,9-12H,1-2H3/b4-3+/t9-,10-/m1/s1. The molecule has 0 aliphatic heterocycles. The Kier molecular flexibility index (Phi) is 5.83. The fourth-order valence-corrected chi connectivity index (χ4v) is 0.421. The molecule has 0 heterocycles. The van der Waals surface area contributed by atoms with Gasteiger partial charge in [-0.3, -0.25) is 0 Å². The maximum atomic E-state index is 8.71. The predicted octanol–water partition coefficient (Wildman–Crippen LogP) is 0.311. The van der Waals surface area contributed by atoms with Gasteiger partial charge in [0.05, 0.1) is 0 Å². The quantitative estimate of drug-likeness (QED) is 0.506. The van der Waals surface area contributed by atoms with Gasteiger partial charge in [0, 0.05) is 0 Å². The number of aliphatic hydroxyl groups is 2. The molecule has 0 aromatic rings. The van der Waals surface area contributed by atoms with E-state index in [4.69, 9.17) is 10.2 Å². The van der Waals surface area contributed by atoms with E-state index in [0.717, 1.165) is 0 Å². The van der Waals surface area contributed by atoms with Crippen molar-refractivity contribution in [3.05, 3.63) is 12.2 Å². The molecule has 0 fully saturated rings. The van der Waals surface area contributed by atoms with Crippen molar-refractivity contribution in [1.82, 2.24) is 0 Å². The molecule has 2 N–H and O–H groups in total. The number of allylic oxidation sites excluding steroid dienone is 2. The average Bonchev–Trinajstić information content (AvgIpc) is 1.95. The smallest absolute Gasteiger partial charge is 0.112 e. The van der Waals surface area contributed by atoms with Gasteiger partial charge in [0.15, 0.2) is 0 Å². The highest BCUT2D eigenvalue weighted by Crippen LogP contribution is 1.75. The zero-order chi connectivity index (χ0) is 9.40. The summed E-state index contributed by atoms with van der Waals surface area (Å²) >= 11 is 0. The lowest BCUT2D eigenvalue weighted by atomic mass is 10.3. The molecule has 2 atom stereocenters. The Labute approximate surface area is 72.9 Å². The molecule has 0 amide bonds. The third kappa shape index (κ3) is 8.78. The first-order chi connectivity index (χ1) is 5.63. The summed E-state index contributed by atoms with van der Waals surface area (Å²) in [6.45, 7) is 3.17. The Morgan fingerprint density at radius 3 is 1.50 bits per heavy atom. The first-order valence-electron chi connectivity index (χ1n) is 3.66. The topological polar surface area (TPSA) is 40.5 Å². The molecule has 0 saturated heterocycles. The van der Waals surface area contributed by atoms with E-state index in [2.05, 4.69) is 23.7 Å². The fourth-order valence-electron chi connectivity index (χ4n) is 0.421. The highest BCUT2D eigenvalue weighted by atomic mass is 16.3. The number of aliphatic hydroxyl groups excluding tert-OH is 2. The van der Waals surface area contributed by atoms with Crippen molar-refractivity contribution in [3.63, 3.8) is 0 Å². The van der Waals surface area contributed by atoms with Crippen LogP contribution < -0.4 is 0 Å². The fraction of sp³-hybridized carbons (Fsp3) is 0.400. The summed E-state index contributed by atoms with van der Waals surface area (Å²) in [5.41, 5.74) is 0. The molecule has 0 unspecified atom stereocenters. The van der Waals surface area contributed by atoms with Crippen molar-refractivity contribution >= 4 is 0 Å². The summed E-state index contributed by atoms with van der Waals surface area (Å²) in [4.78, 5) is 0. The van der Waals surface area contributed by atoms with Gasteiger partial charge in [0.25, 0.3) is 0 Å². The van der Waals surface area contributed by atoms with Gasteiger partial charge in [-0.15, -0.1) is 0 Å². The highest BCUT2D eigenvalue weighted by Gasteiger charge is 1.80. The molecule has 64 valence electrons. The zero-order valence-electron chi connectivity index (χ0n) is 7.20. The Bertz CT molecular complexity index is 225. The van der Waals surface area contributed by atoms with Crippen molar-refractivity contribution in [2.24, 2.45) is 0 Å². The molecule has 0 aromatic carbocycles. The van der Waals surface area contributed by atoms with Crippen LogP contribution in [0.3, 0.4) is 0 Å². The van der Waals surface area contributed by atoms with Crippen LogP contribution in [0, 0.1) is 23.7 Å². The summed E-state index contributed by atoms with van der Waals surface area (Å²) in [6.07, 6.45) is 1.84. The Morgan fingerprint density at radius 2 is 1.25 bits per heavy atom. The zero-order valence-corrected chi connectivity index (χ0v) is 7.20. The van der Waals surface area contributed by atoms with Crippen molar-refractivity contribution in [3.8, 4) is 23.7 Å². The minimum Gasteiger partial charge on any atom is -0.381 e. The Balaban J connectivity index is 3.83. The van der Waals surface area contributed by atoms with Crippen LogP contribution in [0.4, 0.5) is 0 Å². The minimum atomic E-state index is -0.612. The van der Waals surface area contributed by atoms with Gasteiger partial charge in [0.1, 0.15) is 12.2 Å². The van der Waals surface area contributed by atoms with Gasteiger partial charge < -0.3 is 10.2 Å². The van der Waals surface area contributed by atoms with E-state index in [1.165, 1.54) is 12.2 Å². The van der Waals surface area contributed by atoms with Crippen molar-refractivity contribution < 1.29 is 10.2 Å². The average molecular weight is 164 g/mol. The molecule has 2 heteroatoms. The van der Waals surface area contributed by atoms with E-state index in [-0.39, 0.29) is 0 Å². The van der Waals surface area contributed by atoms with Crippen molar-refractivity contribution in [2.45, 2.75) is 26.1 Å². The van der Waals surface area contributed by atoms with Gasteiger partial charge in [0.2, 0.25) is 0 Å². The monoisotopic (exact) mass is 164 g/mol. The largest absolute Gasteiger partial charge is 0.381 e. The molecule has 0 aliphatic rings. The molecule has 0 bridgehead atoms. The second-order valence-corrected chi connectivity index (χ2v) is 2.26. The lowest BCUT2D eigenvalue weighted by Gasteiger charge is -1.84. The van der Waals surface area contributed by atoms with E-state index in [9.17, 15) is 0 Å². The number of hydrogen-bond acceptors (Lipinski definition) is 2.